The molecule has 0 bridgehead atoms. The van der Waals surface area contributed by atoms with E-state index in [0.717, 1.165) is 12.2 Å². The Bertz CT molecular complexity index is 284. The number of benzene rings is 1. The molecule has 1 unspecified atom stereocenters. The third kappa shape index (κ3) is 4.34. The summed E-state index contributed by atoms with van der Waals surface area (Å²) in [5, 5.41) is 3.49. The molecule has 0 saturated carbocycles. The predicted molar refractivity (Wildman–Crippen MR) is 66.7 cm³/mol. The monoisotopic (exact) mass is 206 g/mol. The zero-order chi connectivity index (χ0) is 11.1. The summed E-state index contributed by atoms with van der Waals surface area (Å²) in [6.07, 6.45) is 3.79. The van der Waals surface area contributed by atoms with Crippen LogP contribution in [0.1, 0.15) is 38.7 Å². The van der Waals surface area contributed by atoms with Gasteiger partial charge in [0.2, 0.25) is 0 Å². The summed E-state index contributed by atoms with van der Waals surface area (Å²) in [5.41, 5.74) is 7.94. The SMILES string of the molecule is CCCCC(C)NCc1ccccc1N. The van der Waals surface area contributed by atoms with Crippen molar-refractivity contribution in [1.82, 2.24) is 5.32 Å². The van der Waals surface area contributed by atoms with E-state index in [-0.39, 0.29) is 0 Å². The lowest BCUT2D eigenvalue weighted by Gasteiger charge is -2.14. The summed E-state index contributed by atoms with van der Waals surface area (Å²) in [6.45, 7) is 5.33. The van der Waals surface area contributed by atoms with Crippen molar-refractivity contribution >= 4 is 5.69 Å². The third-order valence-corrected chi connectivity index (χ3v) is 2.69. The molecule has 84 valence electrons. The second kappa shape index (κ2) is 6.46. The maximum atomic E-state index is 5.87. The van der Waals surface area contributed by atoms with Crippen molar-refractivity contribution < 1.29 is 0 Å². The Labute approximate surface area is 92.9 Å². The molecule has 0 aromatic heterocycles. The summed E-state index contributed by atoms with van der Waals surface area (Å²) in [7, 11) is 0. The Morgan fingerprint density at radius 3 is 2.73 bits per heavy atom. The minimum atomic E-state index is 0.574. The molecule has 3 N–H and O–H groups in total. The lowest BCUT2D eigenvalue weighted by Crippen LogP contribution is -2.25. The molecule has 0 saturated heterocycles. The molecule has 2 heteroatoms. The molecule has 0 aliphatic heterocycles. The van der Waals surface area contributed by atoms with E-state index in [0.29, 0.717) is 6.04 Å². The number of hydrogen-bond acceptors (Lipinski definition) is 2. The van der Waals surface area contributed by atoms with Crippen molar-refractivity contribution in [3.63, 3.8) is 0 Å². The molecule has 1 aromatic rings. The maximum absolute atomic E-state index is 5.87. The lowest BCUT2D eigenvalue weighted by molar-refractivity contribution is 0.495. The molecule has 0 aliphatic rings. The average Bonchev–Trinajstić information content (AvgIpc) is 2.25. The second-order valence-corrected chi connectivity index (χ2v) is 4.12. The number of rotatable bonds is 6. The van der Waals surface area contributed by atoms with Crippen LogP contribution in [-0.4, -0.2) is 6.04 Å². The molecule has 0 aliphatic carbocycles. The summed E-state index contributed by atoms with van der Waals surface area (Å²) in [4.78, 5) is 0. The van der Waals surface area contributed by atoms with E-state index in [4.69, 9.17) is 5.73 Å². The van der Waals surface area contributed by atoms with Gasteiger partial charge in [-0.05, 0) is 25.0 Å². The number of nitrogens with two attached hydrogens (primary N) is 1. The molecule has 1 aromatic carbocycles. The van der Waals surface area contributed by atoms with Crippen LogP contribution in [0.4, 0.5) is 5.69 Å². The number of hydrogen-bond donors (Lipinski definition) is 2. The van der Waals surface area contributed by atoms with Gasteiger partial charge in [0, 0.05) is 18.3 Å². The van der Waals surface area contributed by atoms with Gasteiger partial charge in [-0.15, -0.1) is 0 Å². The zero-order valence-corrected chi connectivity index (χ0v) is 9.79. The second-order valence-electron chi connectivity index (χ2n) is 4.12. The van der Waals surface area contributed by atoms with Crippen molar-refractivity contribution in [3.8, 4) is 0 Å². The number of unbranched alkanes of at least 4 members (excludes halogenated alkanes) is 1. The lowest BCUT2D eigenvalue weighted by atomic mass is 10.1. The molecule has 0 fully saturated rings. The normalized spacial score (nSPS) is 12.7. The fourth-order valence-electron chi connectivity index (χ4n) is 1.59. The number of anilines is 1. The van der Waals surface area contributed by atoms with Crippen molar-refractivity contribution in [2.75, 3.05) is 5.73 Å². The first-order valence-electron chi connectivity index (χ1n) is 5.80. The largest absolute Gasteiger partial charge is 0.398 e. The first-order chi connectivity index (χ1) is 7.24. The van der Waals surface area contributed by atoms with E-state index in [1.807, 2.05) is 18.2 Å². The minimum Gasteiger partial charge on any atom is -0.398 e. The van der Waals surface area contributed by atoms with Crippen molar-refractivity contribution in [2.24, 2.45) is 0 Å². The Morgan fingerprint density at radius 2 is 2.07 bits per heavy atom. The minimum absolute atomic E-state index is 0.574. The average molecular weight is 206 g/mol. The Hall–Kier alpha value is -1.02. The first kappa shape index (κ1) is 12.1. The maximum Gasteiger partial charge on any atom is 0.0359 e. The molecular weight excluding hydrogens is 184 g/mol. The van der Waals surface area contributed by atoms with E-state index in [2.05, 4.69) is 25.2 Å². The molecule has 1 rings (SSSR count). The van der Waals surface area contributed by atoms with Crippen LogP contribution in [0, 0.1) is 0 Å². The van der Waals surface area contributed by atoms with Crippen LogP contribution in [0.25, 0.3) is 0 Å². The Kier molecular flexibility index (Phi) is 5.19. The van der Waals surface area contributed by atoms with Crippen molar-refractivity contribution in [2.45, 2.75) is 45.7 Å². The van der Waals surface area contributed by atoms with Gasteiger partial charge in [0.15, 0.2) is 0 Å². The summed E-state index contributed by atoms with van der Waals surface area (Å²) < 4.78 is 0. The van der Waals surface area contributed by atoms with Crippen LogP contribution in [-0.2, 0) is 6.54 Å². The zero-order valence-electron chi connectivity index (χ0n) is 9.79. The fourth-order valence-corrected chi connectivity index (χ4v) is 1.59. The summed E-state index contributed by atoms with van der Waals surface area (Å²) in [6, 6.07) is 8.61. The standard InChI is InChI=1S/C13H22N2/c1-3-4-7-11(2)15-10-12-8-5-6-9-13(12)14/h5-6,8-9,11,15H,3-4,7,10,14H2,1-2H3. The number of nitrogens with one attached hydrogen (secondary N) is 1. The van der Waals surface area contributed by atoms with Gasteiger partial charge in [0.25, 0.3) is 0 Å². The van der Waals surface area contributed by atoms with Crippen LogP contribution in [0.2, 0.25) is 0 Å². The molecule has 0 amide bonds. The fraction of sp³-hybridized carbons (Fsp3) is 0.538. The highest BCUT2D eigenvalue weighted by Gasteiger charge is 2.02. The molecule has 15 heavy (non-hydrogen) atoms. The third-order valence-electron chi connectivity index (χ3n) is 2.69. The molecule has 2 nitrogen and oxygen atoms in total. The molecule has 1 atom stereocenters. The molecule has 0 heterocycles. The first-order valence-corrected chi connectivity index (χ1v) is 5.80. The van der Waals surface area contributed by atoms with Gasteiger partial charge in [0.05, 0.1) is 0 Å². The smallest absolute Gasteiger partial charge is 0.0359 e. The van der Waals surface area contributed by atoms with Crippen LogP contribution < -0.4 is 11.1 Å². The van der Waals surface area contributed by atoms with Crippen LogP contribution in [0.15, 0.2) is 24.3 Å². The van der Waals surface area contributed by atoms with Crippen molar-refractivity contribution in [1.29, 1.82) is 0 Å². The van der Waals surface area contributed by atoms with Gasteiger partial charge in [-0.1, -0.05) is 38.0 Å². The van der Waals surface area contributed by atoms with E-state index in [1.165, 1.54) is 24.8 Å². The van der Waals surface area contributed by atoms with E-state index < -0.39 is 0 Å². The molecule has 0 spiro atoms. The Balaban J connectivity index is 2.33. The highest BCUT2D eigenvalue weighted by molar-refractivity contribution is 5.46. The van der Waals surface area contributed by atoms with Gasteiger partial charge in [0.1, 0.15) is 0 Å². The highest BCUT2D eigenvalue weighted by Crippen LogP contribution is 2.10. The predicted octanol–water partition coefficient (Wildman–Crippen LogP) is 2.94. The van der Waals surface area contributed by atoms with Gasteiger partial charge in [-0.25, -0.2) is 0 Å². The Morgan fingerprint density at radius 1 is 1.33 bits per heavy atom. The van der Waals surface area contributed by atoms with E-state index in [1.54, 1.807) is 0 Å². The van der Waals surface area contributed by atoms with Crippen LogP contribution >= 0.6 is 0 Å². The van der Waals surface area contributed by atoms with Crippen LogP contribution in [0.3, 0.4) is 0 Å². The van der Waals surface area contributed by atoms with Crippen LogP contribution in [0.5, 0.6) is 0 Å². The number of para-hydroxylation sites is 1. The van der Waals surface area contributed by atoms with E-state index in [9.17, 15) is 0 Å². The van der Waals surface area contributed by atoms with Gasteiger partial charge in [-0.3, -0.25) is 0 Å². The van der Waals surface area contributed by atoms with Gasteiger partial charge < -0.3 is 11.1 Å². The van der Waals surface area contributed by atoms with Gasteiger partial charge in [-0.2, -0.15) is 0 Å². The highest BCUT2D eigenvalue weighted by atomic mass is 14.9. The topological polar surface area (TPSA) is 38.0 Å². The molecule has 0 radical (unpaired) electrons. The summed E-state index contributed by atoms with van der Waals surface area (Å²) in [5.74, 6) is 0. The van der Waals surface area contributed by atoms with Crippen molar-refractivity contribution in [3.05, 3.63) is 29.8 Å². The number of nitrogen functional groups attached to an aromatic ring is 1. The molecular formula is C13H22N2. The van der Waals surface area contributed by atoms with Gasteiger partial charge >= 0.3 is 0 Å². The quantitative estimate of drug-likeness (QED) is 0.702. The summed E-state index contributed by atoms with van der Waals surface area (Å²) >= 11 is 0. The van der Waals surface area contributed by atoms with E-state index >= 15 is 0 Å².